The van der Waals surface area contributed by atoms with Gasteiger partial charge in [0.1, 0.15) is 0 Å². The molecule has 0 spiro atoms. The molecule has 1 atom stereocenters. The smallest absolute Gasteiger partial charge is 0.254 e. The zero-order valence-corrected chi connectivity index (χ0v) is 15.1. The standard InChI is InChI=1S/C19H27N3O3/c1-21(2)19(24)15-5-6-17(20-13-15)14-7-9-22(10-8-14)18(23)12-16-4-3-11-25-16/h5-6,13-14,16H,3-4,7-12H2,1-2H3/t16-/m0/s1. The number of carbonyl (C=O) groups is 2. The highest BCUT2D eigenvalue weighted by atomic mass is 16.5. The maximum atomic E-state index is 12.4. The minimum atomic E-state index is -0.0337. The van der Waals surface area contributed by atoms with Crippen molar-refractivity contribution in [1.29, 1.82) is 0 Å². The summed E-state index contributed by atoms with van der Waals surface area (Å²) in [6, 6.07) is 3.80. The Labute approximate surface area is 149 Å². The van der Waals surface area contributed by atoms with Gasteiger partial charge in [-0.2, -0.15) is 0 Å². The van der Waals surface area contributed by atoms with Crippen molar-refractivity contribution in [3.05, 3.63) is 29.6 Å². The molecule has 136 valence electrons. The van der Waals surface area contributed by atoms with E-state index in [1.54, 1.807) is 25.2 Å². The summed E-state index contributed by atoms with van der Waals surface area (Å²) >= 11 is 0. The van der Waals surface area contributed by atoms with Gasteiger partial charge in [0.25, 0.3) is 5.91 Å². The number of piperidine rings is 1. The fraction of sp³-hybridized carbons (Fsp3) is 0.632. The molecule has 0 aliphatic carbocycles. The highest BCUT2D eigenvalue weighted by molar-refractivity contribution is 5.93. The van der Waals surface area contributed by atoms with Gasteiger partial charge in [-0.05, 0) is 37.8 Å². The van der Waals surface area contributed by atoms with E-state index in [9.17, 15) is 9.59 Å². The van der Waals surface area contributed by atoms with Crippen LogP contribution in [0.25, 0.3) is 0 Å². The summed E-state index contributed by atoms with van der Waals surface area (Å²) in [5.74, 6) is 0.536. The van der Waals surface area contributed by atoms with Crippen molar-refractivity contribution < 1.29 is 14.3 Å². The van der Waals surface area contributed by atoms with Crippen molar-refractivity contribution in [3.8, 4) is 0 Å². The lowest BCUT2D eigenvalue weighted by Gasteiger charge is -2.32. The Morgan fingerprint density at radius 3 is 2.56 bits per heavy atom. The number of likely N-dealkylation sites (tertiary alicyclic amines) is 1. The van der Waals surface area contributed by atoms with E-state index in [-0.39, 0.29) is 17.9 Å². The highest BCUT2D eigenvalue weighted by Gasteiger charge is 2.27. The second-order valence-electron chi connectivity index (χ2n) is 7.17. The lowest BCUT2D eigenvalue weighted by Crippen LogP contribution is -2.39. The van der Waals surface area contributed by atoms with Crippen LogP contribution in [0.15, 0.2) is 18.3 Å². The third-order valence-electron chi connectivity index (χ3n) is 5.13. The first-order valence-electron chi connectivity index (χ1n) is 9.11. The van der Waals surface area contributed by atoms with Crippen LogP contribution >= 0.6 is 0 Å². The first kappa shape index (κ1) is 17.9. The minimum absolute atomic E-state index is 0.0337. The third kappa shape index (κ3) is 4.37. The lowest BCUT2D eigenvalue weighted by molar-refractivity contribution is -0.134. The van der Waals surface area contributed by atoms with E-state index < -0.39 is 0 Å². The Bertz CT molecular complexity index is 601. The normalized spacial score (nSPS) is 21.4. The summed E-state index contributed by atoms with van der Waals surface area (Å²) in [5.41, 5.74) is 1.62. The van der Waals surface area contributed by atoms with Crippen LogP contribution in [0.5, 0.6) is 0 Å². The molecule has 2 aliphatic heterocycles. The predicted molar refractivity (Wildman–Crippen MR) is 94.4 cm³/mol. The van der Waals surface area contributed by atoms with Gasteiger partial charge in [-0.25, -0.2) is 0 Å². The summed E-state index contributed by atoms with van der Waals surface area (Å²) < 4.78 is 5.56. The van der Waals surface area contributed by atoms with Crippen LogP contribution in [0, 0.1) is 0 Å². The first-order chi connectivity index (χ1) is 12.0. The average molecular weight is 345 g/mol. The van der Waals surface area contributed by atoms with Gasteiger partial charge in [0.15, 0.2) is 0 Å². The molecule has 0 radical (unpaired) electrons. The van der Waals surface area contributed by atoms with Crippen LogP contribution in [0.4, 0.5) is 0 Å². The van der Waals surface area contributed by atoms with Crippen LogP contribution < -0.4 is 0 Å². The Hall–Kier alpha value is -1.95. The van der Waals surface area contributed by atoms with E-state index >= 15 is 0 Å². The molecule has 0 N–H and O–H groups in total. The quantitative estimate of drug-likeness (QED) is 0.838. The highest BCUT2D eigenvalue weighted by Crippen LogP contribution is 2.27. The van der Waals surface area contributed by atoms with Gasteiger partial charge in [0.05, 0.1) is 18.1 Å². The molecule has 3 heterocycles. The van der Waals surface area contributed by atoms with E-state index in [4.69, 9.17) is 4.74 Å². The molecular formula is C19H27N3O3. The maximum absolute atomic E-state index is 12.4. The molecule has 0 aromatic carbocycles. The number of aromatic nitrogens is 1. The number of hydrogen-bond donors (Lipinski definition) is 0. The van der Waals surface area contributed by atoms with Crippen LogP contribution in [0.2, 0.25) is 0 Å². The van der Waals surface area contributed by atoms with Crippen LogP contribution in [0.1, 0.15) is 54.1 Å². The summed E-state index contributed by atoms with van der Waals surface area (Å²) in [5, 5.41) is 0. The molecule has 0 unspecified atom stereocenters. The van der Waals surface area contributed by atoms with Gasteiger partial charge in [-0.15, -0.1) is 0 Å². The van der Waals surface area contributed by atoms with E-state index in [1.165, 1.54) is 0 Å². The molecule has 2 amide bonds. The van der Waals surface area contributed by atoms with Gasteiger partial charge in [0.2, 0.25) is 5.91 Å². The molecule has 2 fully saturated rings. The topological polar surface area (TPSA) is 62.7 Å². The zero-order chi connectivity index (χ0) is 17.8. The second kappa shape index (κ2) is 7.95. The van der Waals surface area contributed by atoms with E-state index in [0.717, 1.165) is 51.1 Å². The number of rotatable bonds is 4. The third-order valence-corrected chi connectivity index (χ3v) is 5.13. The van der Waals surface area contributed by atoms with E-state index in [2.05, 4.69) is 4.98 Å². The second-order valence-corrected chi connectivity index (χ2v) is 7.17. The monoisotopic (exact) mass is 345 g/mol. The molecule has 0 bridgehead atoms. The largest absolute Gasteiger partial charge is 0.378 e. The Morgan fingerprint density at radius 1 is 1.24 bits per heavy atom. The summed E-state index contributed by atoms with van der Waals surface area (Å²) in [7, 11) is 3.47. The van der Waals surface area contributed by atoms with Crippen molar-refractivity contribution in [3.63, 3.8) is 0 Å². The summed E-state index contributed by atoms with van der Waals surface area (Å²) in [6.07, 6.45) is 6.21. The Morgan fingerprint density at radius 2 is 2.00 bits per heavy atom. The SMILES string of the molecule is CN(C)C(=O)c1ccc(C2CCN(C(=O)C[C@@H]3CCCO3)CC2)nc1. The molecule has 1 aromatic rings. The van der Waals surface area contributed by atoms with Crippen molar-refractivity contribution in [2.45, 2.75) is 44.1 Å². The fourth-order valence-electron chi connectivity index (χ4n) is 3.59. The van der Waals surface area contributed by atoms with Crippen molar-refractivity contribution in [1.82, 2.24) is 14.8 Å². The van der Waals surface area contributed by atoms with Crippen molar-refractivity contribution >= 4 is 11.8 Å². The van der Waals surface area contributed by atoms with E-state index in [0.29, 0.717) is 17.9 Å². The molecular weight excluding hydrogens is 318 g/mol. The summed E-state index contributed by atoms with van der Waals surface area (Å²) in [6.45, 7) is 2.34. The minimum Gasteiger partial charge on any atom is -0.378 e. The molecule has 2 aliphatic rings. The zero-order valence-electron chi connectivity index (χ0n) is 15.1. The molecule has 1 aromatic heterocycles. The van der Waals surface area contributed by atoms with Gasteiger partial charge >= 0.3 is 0 Å². The molecule has 0 saturated carbocycles. The van der Waals surface area contributed by atoms with Crippen molar-refractivity contribution in [2.24, 2.45) is 0 Å². The number of hydrogen-bond acceptors (Lipinski definition) is 4. The van der Waals surface area contributed by atoms with Crippen LogP contribution in [-0.4, -0.2) is 66.5 Å². The predicted octanol–water partition coefficient (Wildman–Crippen LogP) is 2.06. The number of ether oxygens (including phenoxy) is 1. The van der Waals surface area contributed by atoms with Crippen LogP contribution in [-0.2, 0) is 9.53 Å². The molecule has 3 rings (SSSR count). The van der Waals surface area contributed by atoms with Crippen LogP contribution in [0.3, 0.4) is 0 Å². The molecule has 6 nitrogen and oxygen atoms in total. The number of amides is 2. The van der Waals surface area contributed by atoms with Crippen molar-refractivity contribution in [2.75, 3.05) is 33.8 Å². The Kier molecular flexibility index (Phi) is 5.68. The summed E-state index contributed by atoms with van der Waals surface area (Å²) in [4.78, 5) is 32.3. The average Bonchev–Trinajstić information content (AvgIpc) is 3.14. The molecule has 25 heavy (non-hydrogen) atoms. The lowest BCUT2D eigenvalue weighted by atomic mass is 9.92. The number of nitrogens with zero attached hydrogens (tertiary/aromatic N) is 3. The van der Waals surface area contributed by atoms with Gasteiger partial charge < -0.3 is 14.5 Å². The van der Waals surface area contributed by atoms with E-state index in [1.807, 2.05) is 17.0 Å². The van der Waals surface area contributed by atoms with Gasteiger partial charge in [-0.1, -0.05) is 0 Å². The Balaban J connectivity index is 1.51. The maximum Gasteiger partial charge on any atom is 0.254 e. The number of pyridine rings is 1. The number of carbonyl (C=O) groups excluding carboxylic acids is 2. The first-order valence-corrected chi connectivity index (χ1v) is 9.11. The molecule has 6 heteroatoms. The van der Waals surface area contributed by atoms with Gasteiger partial charge in [-0.3, -0.25) is 14.6 Å². The fourth-order valence-corrected chi connectivity index (χ4v) is 3.59. The van der Waals surface area contributed by atoms with Gasteiger partial charge in [0, 0.05) is 51.6 Å². The molecule has 2 saturated heterocycles.